The molecule has 0 amide bonds. The summed E-state index contributed by atoms with van der Waals surface area (Å²) < 4.78 is 2.15. The third-order valence-electron chi connectivity index (χ3n) is 2.66. The summed E-state index contributed by atoms with van der Waals surface area (Å²) in [6.45, 7) is 4.25. The monoisotopic (exact) mass is 217 g/mol. The average molecular weight is 217 g/mol. The molecule has 0 aliphatic carbocycles. The number of aryl methyl sites for hydroxylation is 2. The number of hydrogen-bond acceptors (Lipinski definition) is 2. The van der Waals surface area contributed by atoms with Crippen molar-refractivity contribution in [3.05, 3.63) is 35.1 Å². The van der Waals surface area contributed by atoms with E-state index in [4.69, 9.17) is 0 Å². The highest BCUT2D eigenvalue weighted by molar-refractivity contribution is 7.17. The first kappa shape index (κ1) is 8.73. The maximum atomic E-state index is 4.59. The first-order valence-corrected chi connectivity index (χ1v) is 5.66. The number of nitrogens with zero attached hydrogens (tertiary/aromatic N) is 2. The molecule has 0 radical (unpaired) electrons. The van der Waals surface area contributed by atoms with Gasteiger partial charge in [0.2, 0.25) is 0 Å². The lowest BCUT2D eigenvalue weighted by atomic mass is 10.3. The molecule has 0 aliphatic heterocycles. The van der Waals surface area contributed by atoms with Crippen molar-refractivity contribution >= 4 is 16.3 Å². The normalized spacial score (nSPS) is 11.3. The molecule has 0 spiro atoms. The molecule has 0 aliphatic rings. The van der Waals surface area contributed by atoms with Crippen molar-refractivity contribution in [2.45, 2.75) is 13.8 Å². The topological polar surface area (TPSA) is 33.1 Å². The summed E-state index contributed by atoms with van der Waals surface area (Å²) in [4.78, 5) is 10.1. The molecular weight excluding hydrogens is 206 g/mol. The summed E-state index contributed by atoms with van der Waals surface area (Å²) in [7, 11) is 0. The number of thiazole rings is 1. The zero-order valence-corrected chi connectivity index (χ0v) is 9.43. The molecule has 0 unspecified atom stereocenters. The molecule has 1 N–H and O–H groups in total. The standard InChI is InChI=1S/C11H11N3S/c1-7-8(2)15-11-13-10(6-14(7)11)9-4-3-5-12-9/h3-6,12H,1-2H3. The predicted octanol–water partition coefficient (Wildman–Crippen LogP) is 3.01. The van der Waals surface area contributed by atoms with Gasteiger partial charge in [0.1, 0.15) is 5.69 Å². The van der Waals surface area contributed by atoms with Gasteiger partial charge in [-0.15, -0.1) is 11.3 Å². The van der Waals surface area contributed by atoms with Gasteiger partial charge < -0.3 is 4.98 Å². The van der Waals surface area contributed by atoms with E-state index < -0.39 is 0 Å². The SMILES string of the molecule is Cc1sc2nc(-c3ccc[nH]3)cn2c1C. The lowest BCUT2D eigenvalue weighted by molar-refractivity contribution is 1.11. The number of aromatic nitrogens is 3. The van der Waals surface area contributed by atoms with Gasteiger partial charge in [-0.1, -0.05) is 0 Å². The largest absolute Gasteiger partial charge is 0.360 e. The number of fused-ring (bicyclic) bond motifs is 1. The molecule has 76 valence electrons. The first-order chi connectivity index (χ1) is 7.25. The van der Waals surface area contributed by atoms with Crippen LogP contribution in [-0.2, 0) is 0 Å². The van der Waals surface area contributed by atoms with Crippen LogP contribution in [0.4, 0.5) is 0 Å². The van der Waals surface area contributed by atoms with Gasteiger partial charge in [-0.2, -0.15) is 0 Å². The maximum Gasteiger partial charge on any atom is 0.194 e. The molecule has 3 aromatic heterocycles. The summed E-state index contributed by atoms with van der Waals surface area (Å²) in [5.41, 5.74) is 3.36. The number of imidazole rings is 1. The van der Waals surface area contributed by atoms with Crippen molar-refractivity contribution in [2.24, 2.45) is 0 Å². The minimum Gasteiger partial charge on any atom is -0.360 e. The summed E-state index contributed by atoms with van der Waals surface area (Å²) in [6.07, 6.45) is 4.00. The van der Waals surface area contributed by atoms with Gasteiger partial charge in [-0.05, 0) is 26.0 Å². The van der Waals surface area contributed by atoms with Crippen LogP contribution in [0.3, 0.4) is 0 Å². The Bertz CT molecular complexity index is 601. The predicted molar refractivity (Wildman–Crippen MR) is 62.3 cm³/mol. The van der Waals surface area contributed by atoms with Gasteiger partial charge in [-0.25, -0.2) is 4.98 Å². The smallest absolute Gasteiger partial charge is 0.194 e. The van der Waals surface area contributed by atoms with E-state index in [0.29, 0.717) is 0 Å². The highest BCUT2D eigenvalue weighted by atomic mass is 32.1. The molecule has 15 heavy (non-hydrogen) atoms. The fourth-order valence-corrected chi connectivity index (χ4v) is 2.63. The third-order valence-corrected chi connectivity index (χ3v) is 3.73. The van der Waals surface area contributed by atoms with E-state index in [1.54, 1.807) is 11.3 Å². The van der Waals surface area contributed by atoms with E-state index in [2.05, 4.69) is 34.4 Å². The fraction of sp³-hybridized carbons (Fsp3) is 0.182. The first-order valence-electron chi connectivity index (χ1n) is 4.84. The fourth-order valence-electron chi connectivity index (χ4n) is 1.68. The Hall–Kier alpha value is -1.55. The molecule has 3 nitrogen and oxygen atoms in total. The van der Waals surface area contributed by atoms with Gasteiger partial charge >= 0.3 is 0 Å². The summed E-state index contributed by atoms with van der Waals surface area (Å²) in [5.74, 6) is 0. The number of aromatic amines is 1. The van der Waals surface area contributed by atoms with Crippen LogP contribution in [0.5, 0.6) is 0 Å². The number of hydrogen-bond donors (Lipinski definition) is 1. The van der Waals surface area contributed by atoms with Crippen molar-refractivity contribution in [1.29, 1.82) is 0 Å². The second kappa shape index (κ2) is 2.97. The number of rotatable bonds is 1. The van der Waals surface area contributed by atoms with Crippen LogP contribution < -0.4 is 0 Å². The average Bonchev–Trinajstić information content (AvgIpc) is 2.86. The minimum absolute atomic E-state index is 1.01. The molecular formula is C11H11N3S. The molecule has 3 heterocycles. The summed E-state index contributed by atoms with van der Waals surface area (Å²) in [5, 5.41) is 0. The molecule has 0 aromatic carbocycles. The Balaban J connectivity index is 2.24. The number of H-pyrrole nitrogens is 1. The van der Waals surface area contributed by atoms with Gasteiger partial charge in [0.25, 0.3) is 0 Å². The van der Waals surface area contributed by atoms with Crippen LogP contribution in [0.2, 0.25) is 0 Å². The van der Waals surface area contributed by atoms with Crippen molar-refractivity contribution in [3.63, 3.8) is 0 Å². The number of nitrogens with one attached hydrogen (secondary N) is 1. The van der Waals surface area contributed by atoms with E-state index in [1.807, 2.05) is 18.3 Å². The summed E-state index contributed by atoms with van der Waals surface area (Å²) >= 11 is 1.73. The van der Waals surface area contributed by atoms with E-state index in [0.717, 1.165) is 16.3 Å². The van der Waals surface area contributed by atoms with E-state index >= 15 is 0 Å². The van der Waals surface area contributed by atoms with E-state index in [9.17, 15) is 0 Å². The molecule has 0 atom stereocenters. The van der Waals surface area contributed by atoms with Crippen molar-refractivity contribution in [3.8, 4) is 11.4 Å². The molecule has 0 saturated heterocycles. The molecule has 0 bridgehead atoms. The van der Waals surface area contributed by atoms with Crippen molar-refractivity contribution in [1.82, 2.24) is 14.4 Å². The third kappa shape index (κ3) is 1.22. The summed E-state index contributed by atoms with van der Waals surface area (Å²) in [6, 6.07) is 4.02. The van der Waals surface area contributed by atoms with Crippen LogP contribution in [-0.4, -0.2) is 14.4 Å². The van der Waals surface area contributed by atoms with Crippen LogP contribution in [0.15, 0.2) is 24.5 Å². The Morgan fingerprint density at radius 3 is 2.93 bits per heavy atom. The molecule has 0 fully saturated rings. The Morgan fingerprint density at radius 1 is 1.40 bits per heavy atom. The van der Waals surface area contributed by atoms with Gasteiger partial charge in [0.15, 0.2) is 4.96 Å². The van der Waals surface area contributed by atoms with Crippen LogP contribution in [0.25, 0.3) is 16.3 Å². The second-order valence-corrected chi connectivity index (χ2v) is 4.79. The minimum atomic E-state index is 1.01. The van der Waals surface area contributed by atoms with Gasteiger partial charge in [-0.3, -0.25) is 4.40 Å². The van der Waals surface area contributed by atoms with Crippen molar-refractivity contribution in [2.75, 3.05) is 0 Å². The lowest BCUT2D eigenvalue weighted by Crippen LogP contribution is -1.81. The van der Waals surface area contributed by atoms with Gasteiger partial charge in [0.05, 0.1) is 5.69 Å². The second-order valence-electron chi connectivity index (χ2n) is 3.61. The van der Waals surface area contributed by atoms with Crippen molar-refractivity contribution < 1.29 is 0 Å². The Labute approximate surface area is 91.4 Å². The zero-order valence-electron chi connectivity index (χ0n) is 8.61. The van der Waals surface area contributed by atoms with Gasteiger partial charge in [0, 0.05) is 23.0 Å². The highest BCUT2D eigenvalue weighted by Crippen LogP contribution is 2.25. The zero-order chi connectivity index (χ0) is 10.4. The van der Waals surface area contributed by atoms with E-state index in [-0.39, 0.29) is 0 Å². The Morgan fingerprint density at radius 2 is 2.27 bits per heavy atom. The van der Waals surface area contributed by atoms with Crippen LogP contribution in [0, 0.1) is 13.8 Å². The lowest BCUT2D eigenvalue weighted by Gasteiger charge is -1.90. The maximum absolute atomic E-state index is 4.59. The quantitative estimate of drug-likeness (QED) is 0.667. The molecule has 3 rings (SSSR count). The van der Waals surface area contributed by atoms with E-state index in [1.165, 1.54) is 10.6 Å². The van der Waals surface area contributed by atoms with Crippen LogP contribution >= 0.6 is 11.3 Å². The molecule has 3 aromatic rings. The van der Waals surface area contributed by atoms with Crippen LogP contribution in [0.1, 0.15) is 10.6 Å². The Kier molecular flexibility index (Phi) is 1.73. The molecule has 4 heteroatoms. The highest BCUT2D eigenvalue weighted by Gasteiger charge is 2.09. The molecule has 0 saturated carbocycles.